The average Bonchev–Trinajstić information content (AvgIpc) is 2.60. The molecule has 1 aliphatic rings. The largest absolute Gasteiger partial charge is 0.348 e. The third-order valence-electron chi connectivity index (χ3n) is 3.68. The van der Waals surface area contributed by atoms with Crippen molar-refractivity contribution in [3.8, 4) is 0 Å². The molecule has 0 amide bonds. The van der Waals surface area contributed by atoms with Crippen molar-refractivity contribution in [1.82, 2.24) is 4.90 Å². The summed E-state index contributed by atoms with van der Waals surface area (Å²) in [5.74, 6) is 0. The average molecular weight is 249 g/mol. The summed E-state index contributed by atoms with van der Waals surface area (Å²) in [6.45, 7) is 21.6. The minimum atomic E-state index is 0.204. The lowest BCUT2D eigenvalue weighted by molar-refractivity contribution is 0.331. The van der Waals surface area contributed by atoms with Crippen LogP contribution in [-0.2, 0) is 0 Å². The maximum atomic E-state index is 4.30. The summed E-state index contributed by atoms with van der Waals surface area (Å²) in [6, 6.07) is 0. The van der Waals surface area contributed by atoms with Gasteiger partial charge in [0.1, 0.15) is 0 Å². The Bertz CT molecular complexity index is 347. The molecule has 0 bridgehead atoms. The molecular formula is C17H31N. The van der Waals surface area contributed by atoms with E-state index in [1.165, 1.54) is 24.2 Å². The Morgan fingerprint density at radius 3 is 2.06 bits per heavy atom. The Labute approximate surface area is 114 Å². The molecule has 1 heteroatoms. The molecular weight excluding hydrogens is 218 g/mol. The van der Waals surface area contributed by atoms with Crippen LogP contribution in [0.3, 0.4) is 0 Å². The molecule has 0 aliphatic carbocycles. The molecule has 0 aromatic carbocycles. The van der Waals surface area contributed by atoms with Crippen molar-refractivity contribution in [2.45, 2.75) is 67.7 Å². The molecule has 0 fully saturated rings. The van der Waals surface area contributed by atoms with Gasteiger partial charge in [0.25, 0.3) is 0 Å². The van der Waals surface area contributed by atoms with Gasteiger partial charge in [0.2, 0.25) is 0 Å². The fourth-order valence-electron chi connectivity index (χ4n) is 2.94. The highest BCUT2D eigenvalue weighted by molar-refractivity contribution is 5.31. The zero-order valence-electron chi connectivity index (χ0n) is 13.5. The van der Waals surface area contributed by atoms with Crippen molar-refractivity contribution >= 4 is 0 Å². The van der Waals surface area contributed by atoms with Gasteiger partial charge in [-0.1, -0.05) is 61.5 Å². The molecule has 0 saturated carbocycles. The molecule has 0 saturated heterocycles. The summed E-state index contributed by atoms with van der Waals surface area (Å²) >= 11 is 0. The van der Waals surface area contributed by atoms with E-state index in [9.17, 15) is 0 Å². The normalized spacial score (nSPS) is 17.6. The lowest BCUT2D eigenvalue weighted by atomic mass is 9.78. The Kier molecular flexibility index (Phi) is 4.35. The molecule has 0 atom stereocenters. The fraction of sp³-hybridized carbons (Fsp3) is 0.765. The Morgan fingerprint density at radius 2 is 1.67 bits per heavy atom. The second kappa shape index (κ2) is 5.11. The Balaban J connectivity index is 3.18. The molecule has 0 aromatic heterocycles. The van der Waals surface area contributed by atoms with E-state index in [0.29, 0.717) is 0 Å². The Morgan fingerprint density at radius 1 is 1.11 bits per heavy atom. The highest BCUT2D eigenvalue weighted by Gasteiger charge is 2.36. The number of nitrogens with zero attached hydrogens (tertiary/aromatic N) is 1. The van der Waals surface area contributed by atoms with Crippen LogP contribution in [0.2, 0.25) is 0 Å². The highest BCUT2D eigenvalue weighted by atomic mass is 15.2. The number of allylic oxidation sites excluding steroid dienone is 2. The maximum absolute atomic E-state index is 4.30. The SMILES string of the molecule is C=C(CCC)N1CCC(C(C)(C)C)=C1C(C)(C)C. The summed E-state index contributed by atoms with van der Waals surface area (Å²) in [5.41, 5.74) is 4.90. The van der Waals surface area contributed by atoms with E-state index in [4.69, 9.17) is 0 Å². The molecule has 0 radical (unpaired) electrons. The van der Waals surface area contributed by atoms with Crippen molar-refractivity contribution in [3.63, 3.8) is 0 Å². The van der Waals surface area contributed by atoms with Gasteiger partial charge in [-0.3, -0.25) is 0 Å². The first-order valence-corrected chi connectivity index (χ1v) is 7.28. The molecule has 0 aromatic rings. The van der Waals surface area contributed by atoms with E-state index < -0.39 is 0 Å². The summed E-state index contributed by atoms with van der Waals surface area (Å²) in [4.78, 5) is 2.49. The molecule has 1 nitrogen and oxygen atoms in total. The van der Waals surface area contributed by atoms with E-state index in [-0.39, 0.29) is 10.8 Å². The molecule has 104 valence electrons. The second-order valence-corrected chi connectivity index (χ2v) is 7.55. The topological polar surface area (TPSA) is 3.24 Å². The van der Waals surface area contributed by atoms with Gasteiger partial charge in [0.15, 0.2) is 0 Å². The van der Waals surface area contributed by atoms with Crippen LogP contribution in [0.4, 0.5) is 0 Å². The van der Waals surface area contributed by atoms with Crippen molar-refractivity contribution in [2.75, 3.05) is 6.54 Å². The monoisotopic (exact) mass is 249 g/mol. The van der Waals surface area contributed by atoms with Gasteiger partial charge in [-0.25, -0.2) is 0 Å². The first kappa shape index (κ1) is 15.3. The van der Waals surface area contributed by atoms with Crippen LogP contribution in [0.25, 0.3) is 0 Å². The van der Waals surface area contributed by atoms with E-state index in [1.807, 2.05) is 0 Å². The summed E-state index contributed by atoms with van der Waals surface area (Å²) in [7, 11) is 0. The van der Waals surface area contributed by atoms with Crippen LogP contribution in [0.15, 0.2) is 23.5 Å². The lowest BCUT2D eigenvalue weighted by Crippen LogP contribution is -2.28. The summed E-state index contributed by atoms with van der Waals surface area (Å²) in [5, 5.41) is 0. The van der Waals surface area contributed by atoms with Gasteiger partial charge >= 0.3 is 0 Å². The highest BCUT2D eigenvalue weighted by Crippen LogP contribution is 2.45. The van der Waals surface area contributed by atoms with Gasteiger partial charge in [-0.2, -0.15) is 0 Å². The molecule has 18 heavy (non-hydrogen) atoms. The molecule has 0 unspecified atom stereocenters. The Hall–Kier alpha value is -0.720. The molecule has 1 aliphatic heterocycles. The first-order chi connectivity index (χ1) is 8.09. The van der Waals surface area contributed by atoms with Gasteiger partial charge in [-0.05, 0) is 23.8 Å². The summed E-state index contributed by atoms with van der Waals surface area (Å²) in [6.07, 6.45) is 3.48. The second-order valence-electron chi connectivity index (χ2n) is 7.55. The van der Waals surface area contributed by atoms with Crippen LogP contribution in [0.1, 0.15) is 67.7 Å². The molecule has 1 heterocycles. The van der Waals surface area contributed by atoms with E-state index in [0.717, 1.165) is 13.0 Å². The minimum Gasteiger partial charge on any atom is -0.348 e. The van der Waals surface area contributed by atoms with Crippen LogP contribution >= 0.6 is 0 Å². The van der Waals surface area contributed by atoms with Crippen LogP contribution in [-0.4, -0.2) is 11.4 Å². The standard InChI is InChI=1S/C17H31N/c1-9-10-13(2)18-12-11-14(16(3,4)5)15(18)17(6,7)8/h2,9-12H2,1,3-8H3. The smallest absolute Gasteiger partial charge is 0.0263 e. The quantitative estimate of drug-likeness (QED) is 0.651. The molecule has 0 spiro atoms. The van der Waals surface area contributed by atoms with Gasteiger partial charge in [-0.15, -0.1) is 0 Å². The molecule has 1 rings (SSSR count). The van der Waals surface area contributed by atoms with E-state index >= 15 is 0 Å². The maximum Gasteiger partial charge on any atom is 0.0263 e. The van der Waals surface area contributed by atoms with Crippen molar-refractivity contribution in [3.05, 3.63) is 23.5 Å². The van der Waals surface area contributed by atoms with Gasteiger partial charge in [0, 0.05) is 23.4 Å². The summed E-state index contributed by atoms with van der Waals surface area (Å²) < 4.78 is 0. The van der Waals surface area contributed by atoms with Crippen LogP contribution < -0.4 is 0 Å². The van der Waals surface area contributed by atoms with Crippen LogP contribution in [0.5, 0.6) is 0 Å². The third kappa shape index (κ3) is 3.18. The van der Waals surface area contributed by atoms with E-state index in [2.05, 4.69) is 59.9 Å². The lowest BCUT2D eigenvalue weighted by Gasteiger charge is -2.35. The zero-order valence-corrected chi connectivity index (χ0v) is 13.5. The predicted molar refractivity (Wildman–Crippen MR) is 81.3 cm³/mol. The third-order valence-corrected chi connectivity index (χ3v) is 3.68. The van der Waals surface area contributed by atoms with Crippen molar-refractivity contribution in [1.29, 1.82) is 0 Å². The predicted octanol–water partition coefficient (Wildman–Crippen LogP) is 5.35. The zero-order chi connectivity index (χ0) is 14.1. The number of hydrogen-bond donors (Lipinski definition) is 0. The van der Waals surface area contributed by atoms with Crippen molar-refractivity contribution in [2.24, 2.45) is 10.8 Å². The number of hydrogen-bond acceptors (Lipinski definition) is 1. The molecule has 0 N–H and O–H groups in total. The van der Waals surface area contributed by atoms with Gasteiger partial charge in [0.05, 0.1) is 0 Å². The van der Waals surface area contributed by atoms with Crippen LogP contribution in [0, 0.1) is 10.8 Å². The number of rotatable bonds is 3. The first-order valence-electron chi connectivity index (χ1n) is 7.28. The van der Waals surface area contributed by atoms with Crippen molar-refractivity contribution < 1.29 is 0 Å². The van der Waals surface area contributed by atoms with E-state index in [1.54, 1.807) is 5.57 Å². The fourth-order valence-corrected chi connectivity index (χ4v) is 2.94. The van der Waals surface area contributed by atoms with Gasteiger partial charge < -0.3 is 4.90 Å². The minimum absolute atomic E-state index is 0.204.